The highest BCUT2D eigenvalue weighted by molar-refractivity contribution is 6.37. The summed E-state index contributed by atoms with van der Waals surface area (Å²) >= 11 is 12.6. The number of nitrogens with zero attached hydrogens (tertiary/aromatic N) is 3. The number of nitriles is 1. The van der Waals surface area contributed by atoms with Gasteiger partial charge in [-0.25, -0.2) is 0 Å². The molecule has 7 nitrogen and oxygen atoms in total. The Bertz CT molecular complexity index is 1290. The van der Waals surface area contributed by atoms with Crippen molar-refractivity contribution in [3.63, 3.8) is 0 Å². The van der Waals surface area contributed by atoms with Crippen LogP contribution < -0.4 is 19.5 Å². The summed E-state index contributed by atoms with van der Waals surface area (Å²) in [6, 6.07) is 8.92. The van der Waals surface area contributed by atoms with Crippen molar-refractivity contribution in [2.75, 3.05) is 45.8 Å². The molecule has 1 atom stereocenters. The number of hydrogen-bond donors (Lipinski definition) is 1. The van der Waals surface area contributed by atoms with Crippen LogP contribution in [0.25, 0.3) is 10.9 Å². The first-order valence-electron chi connectivity index (χ1n) is 12.0. The summed E-state index contributed by atoms with van der Waals surface area (Å²) in [5, 5.41) is 14.4. The fraction of sp³-hybridized carbons (Fsp3) is 0.385. The zero-order chi connectivity index (χ0) is 25.8. The molecule has 1 saturated heterocycles. The van der Waals surface area contributed by atoms with Crippen molar-refractivity contribution < 1.29 is 15.6 Å². The smallest absolute Gasteiger partial charge is 0.163 e. The lowest BCUT2D eigenvalue weighted by atomic mass is 9.98. The van der Waals surface area contributed by atoms with Crippen LogP contribution in [0.1, 0.15) is 26.7 Å². The van der Waals surface area contributed by atoms with Gasteiger partial charge in [-0.05, 0) is 50.5 Å². The molecule has 4 rings (SSSR count). The molecule has 0 radical (unpaired) electrons. The highest BCUT2D eigenvalue weighted by Gasteiger charge is 2.21. The van der Waals surface area contributed by atoms with Gasteiger partial charge >= 0.3 is 0 Å². The molecule has 3 aromatic rings. The molecule has 1 N–H and O–H groups in total. The quantitative estimate of drug-likeness (QED) is 0.377. The minimum Gasteiger partial charge on any atom is -0.495 e. The maximum absolute atomic E-state index is 9.76. The normalized spacial score (nSPS) is 15.8. The summed E-state index contributed by atoms with van der Waals surface area (Å²) < 4.78 is 25.6. The first-order chi connectivity index (χ1) is 17.4. The summed E-state index contributed by atoms with van der Waals surface area (Å²) in [5.41, 5.74) is 1.93. The maximum atomic E-state index is 9.76. The average molecular weight is 516 g/mol. The number of piperidine rings is 1. The molecule has 2 aromatic carbocycles. The summed E-state index contributed by atoms with van der Waals surface area (Å²) in [4.78, 5) is 6.84. The number of methoxy groups -OCH3 is 2. The van der Waals surface area contributed by atoms with Crippen LogP contribution in [0.5, 0.6) is 17.2 Å². The topological polar surface area (TPSA) is 79.6 Å². The number of pyridine rings is 1. The van der Waals surface area contributed by atoms with Crippen molar-refractivity contribution in [1.29, 1.82) is 5.26 Å². The van der Waals surface area contributed by atoms with Gasteiger partial charge in [0.1, 0.15) is 11.8 Å². The summed E-state index contributed by atoms with van der Waals surface area (Å²) in [6.45, 7) is 4.41. The fourth-order valence-electron chi connectivity index (χ4n) is 4.16. The Kier molecular flexibility index (Phi) is 7.63. The average Bonchev–Trinajstić information content (AvgIpc) is 2.89. The molecule has 0 saturated carbocycles. The molecule has 1 unspecified atom stereocenters. The standard InChI is InChI=1S/C26H28Cl2N4O3/c1-4-32-7-5-16(6-8-32)15-35-25-11-21-18(9-24(25)34-3)26(17(13-29)14-30-21)31-22-12-23(33-2)20(28)10-19(22)27/h9-12,14,16H,4-8,15H2,1-3H3,(H,30,31)/i15D. The highest BCUT2D eigenvalue weighted by Crippen LogP contribution is 2.40. The van der Waals surface area contributed by atoms with Crippen LogP contribution in [-0.2, 0) is 0 Å². The van der Waals surface area contributed by atoms with Gasteiger partial charge in [-0.2, -0.15) is 5.26 Å². The van der Waals surface area contributed by atoms with Gasteiger partial charge in [0.2, 0.25) is 0 Å². The van der Waals surface area contributed by atoms with E-state index in [9.17, 15) is 5.26 Å². The zero-order valence-corrected chi connectivity index (χ0v) is 21.4. The number of benzene rings is 2. The van der Waals surface area contributed by atoms with E-state index in [-0.39, 0.29) is 5.92 Å². The van der Waals surface area contributed by atoms with Crippen LogP contribution in [0.15, 0.2) is 30.5 Å². The predicted octanol–water partition coefficient (Wildman–Crippen LogP) is 6.28. The Labute approximate surface area is 216 Å². The lowest BCUT2D eigenvalue weighted by molar-refractivity contribution is 0.144. The number of anilines is 2. The van der Waals surface area contributed by atoms with Crippen LogP contribution in [0.4, 0.5) is 11.4 Å². The monoisotopic (exact) mass is 515 g/mol. The number of likely N-dealkylation sites (tertiary alicyclic amines) is 1. The summed E-state index contributed by atoms with van der Waals surface area (Å²) in [7, 11) is 3.06. The molecular weight excluding hydrogens is 487 g/mol. The largest absolute Gasteiger partial charge is 0.495 e. The van der Waals surface area contributed by atoms with E-state index in [1.807, 2.05) is 0 Å². The second kappa shape index (κ2) is 11.2. The van der Waals surface area contributed by atoms with Crippen LogP contribution in [0, 0.1) is 17.2 Å². The van der Waals surface area contributed by atoms with Crippen molar-refractivity contribution in [2.24, 2.45) is 5.92 Å². The predicted molar refractivity (Wildman–Crippen MR) is 140 cm³/mol. The molecule has 1 aliphatic rings. The van der Waals surface area contributed by atoms with Gasteiger partial charge in [-0.3, -0.25) is 4.98 Å². The van der Waals surface area contributed by atoms with Gasteiger partial charge in [-0.15, -0.1) is 0 Å². The molecular formula is C26H28Cl2N4O3. The lowest BCUT2D eigenvalue weighted by Gasteiger charge is -2.30. The molecule has 1 fully saturated rings. The summed E-state index contributed by atoms with van der Waals surface area (Å²) in [5.74, 6) is 1.48. The molecule has 35 heavy (non-hydrogen) atoms. The molecule has 9 heteroatoms. The van der Waals surface area contributed by atoms with Crippen LogP contribution in [0.3, 0.4) is 0 Å². The van der Waals surface area contributed by atoms with Crippen molar-refractivity contribution in [1.82, 2.24) is 9.88 Å². The first-order valence-corrected chi connectivity index (χ1v) is 12.2. The maximum Gasteiger partial charge on any atom is 0.163 e. The molecule has 0 bridgehead atoms. The lowest BCUT2D eigenvalue weighted by Crippen LogP contribution is -2.35. The third kappa shape index (κ3) is 5.51. The van der Waals surface area contributed by atoms with Crippen molar-refractivity contribution in [3.05, 3.63) is 46.1 Å². The fourth-order valence-corrected chi connectivity index (χ4v) is 4.67. The van der Waals surface area contributed by atoms with Gasteiger partial charge < -0.3 is 24.4 Å². The van der Waals surface area contributed by atoms with Gasteiger partial charge in [0.05, 0.1) is 54.7 Å². The third-order valence-electron chi connectivity index (χ3n) is 6.24. The van der Waals surface area contributed by atoms with E-state index in [2.05, 4.69) is 28.2 Å². The molecule has 0 spiro atoms. The highest BCUT2D eigenvalue weighted by atomic mass is 35.5. The number of aromatic nitrogens is 1. The molecule has 1 aromatic heterocycles. The van der Waals surface area contributed by atoms with Crippen LogP contribution >= 0.6 is 23.2 Å². The number of nitrogens with one attached hydrogen (secondary N) is 1. The zero-order valence-electron chi connectivity index (χ0n) is 20.9. The molecule has 184 valence electrons. The van der Waals surface area contributed by atoms with E-state index in [0.29, 0.717) is 55.1 Å². The Morgan fingerprint density at radius 3 is 2.51 bits per heavy atom. The van der Waals surface area contributed by atoms with Crippen LogP contribution in [-0.4, -0.2) is 50.3 Å². The Morgan fingerprint density at radius 1 is 1.11 bits per heavy atom. The molecule has 2 heterocycles. The van der Waals surface area contributed by atoms with Gasteiger partial charge in [0, 0.05) is 23.7 Å². The van der Waals surface area contributed by atoms with Crippen molar-refractivity contribution in [3.8, 4) is 23.3 Å². The van der Waals surface area contributed by atoms with Gasteiger partial charge in [-0.1, -0.05) is 30.1 Å². The number of hydrogen-bond acceptors (Lipinski definition) is 7. The minimum absolute atomic E-state index is 0.140. The van der Waals surface area contributed by atoms with E-state index < -0.39 is 6.58 Å². The van der Waals surface area contributed by atoms with Crippen molar-refractivity contribution >= 4 is 45.5 Å². The van der Waals surface area contributed by atoms with Crippen LogP contribution in [0.2, 0.25) is 10.0 Å². The van der Waals surface area contributed by atoms with E-state index in [1.165, 1.54) is 13.3 Å². The van der Waals surface area contributed by atoms with E-state index >= 15 is 0 Å². The number of ether oxygens (including phenoxy) is 3. The minimum atomic E-state index is -0.716. The SMILES string of the molecule is [2H]C(Oc1cc2ncc(C#N)c(Nc3cc(OC)c(Cl)cc3Cl)c2cc1OC)C1CCN(CC)CC1. The Balaban J connectivity index is 1.69. The van der Waals surface area contributed by atoms with Gasteiger partial charge in [0.15, 0.2) is 11.5 Å². The second-order valence-corrected chi connectivity index (χ2v) is 9.11. The number of halogens is 2. The van der Waals surface area contributed by atoms with E-state index in [4.69, 9.17) is 38.8 Å². The second-order valence-electron chi connectivity index (χ2n) is 8.30. The molecule has 1 aliphatic heterocycles. The van der Waals surface area contributed by atoms with Crippen molar-refractivity contribution in [2.45, 2.75) is 19.8 Å². The van der Waals surface area contributed by atoms with E-state index in [1.54, 1.807) is 31.4 Å². The Hall–Kier alpha value is -2.92. The number of fused-ring (bicyclic) bond motifs is 1. The Morgan fingerprint density at radius 2 is 1.86 bits per heavy atom. The first kappa shape index (κ1) is 23.8. The number of rotatable bonds is 8. The molecule has 0 aliphatic carbocycles. The van der Waals surface area contributed by atoms with Gasteiger partial charge in [0.25, 0.3) is 0 Å². The third-order valence-corrected chi connectivity index (χ3v) is 6.85. The molecule has 0 amide bonds. The summed E-state index contributed by atoms with van der Waals surface area (Å²) in [6.07, 6.45) is 3.32. The van der Waals surface area contributed by atoms with E-state index in [0.717, 1.165) is 32.5 Å².